The smallest absolute Gasteiger partial charge is 0.354 e. The molecular formula is C21H23FN6O3. The number of nitrogens with one attached hydrogen (secondary N) is 2. The van der Waals surface area contributed by atoms with E-state index in [1.807, 2.05) is 25.7 Å². The molecule has 0 unspecified atom stereocenters. The molecule has 3 aromatic heterocycles. The van der Waals surface area contributed by atoms with Gasteiger partial charge in [0.05, 0.1) is 17.4 Å². The van der Waals surface area contributed by atoms with Gasteiger partial charge in [-0.1, -0.05) is 13.8 Å². The van der Waals surface area contributed by atoms with Crippen molar-refractivity contribution in [2.75, 3.05) is 31.1 Å². The summed E-state index contributed by atoms with van der Waals surface area (Å²) >= 11 is 0. The topological polar surface area (TPSA) is 105 Å². The number of aromatic nitrogens is 4. The summed E-state index contributed by atoms with van der Waals surface area (Å²) in [5.41, 5.74) is 0.0568. The van der Waals surface area contributed by atoms with Gasteiger partial charge in [0.15, 0.2) is 0 Å². The minimum absolute atomic E-state index is 0.0365. The summed E-state index contributed by atoms with van der Waals surface area (Å²) < 4.78 is 22.5. The first kappa shape index (κ1) is 19.7. The minimum atomic E-state index is -1.05. The summed E-state index contributed by atoms with van der Waals surface area (Å²) in [6, 6.07) is 1.66. The molecule has 2 aliphatic heterocycles. The van der Waals surface area contributed by atoms with Crippen LogP contribution < -0.4 is 26.2 Å². The van der Waals surface area contributed by atoms with E-state index in [9.17, 15) is 9.59 Å². The number of hydrogen-bond acceptors (Lipinski definition) is 7. The van der Waals surface area contributed by atoms with E-state index >= 15 is 4.39 Å². The molecule has 0 radical (unpaired) electrons. The summed E-state index contributed by atoms with van der Waals surface area (Å²) in [7, 11) is 0. The van der Waals surface area contributed by atoms with Gasteiger partial charge in [-0.15, -0.1) is 0 Å². The number of nitrogens with zero attached hydrogens (tertiary/aromatic N) is 4. The molecular weight excluding hydrogens is 403 g/mol. The predicted molar refractivity (Wildman–Crippen MR) is 114 cm³/mol. The predicted octanol–water partition coefficient (Wildman–Crippen LogP) is 1.21. The van der Waals surface area contributed by atoms with Gasteiger partial charge < -0.3 is 15.0 Å². The van der Waals surface area contributed by atoms with E-state index in [1.165, 1.54) is 4.57 Å². The van der Waals surface area contributed by atoms with Gasteiger partial charge in [0.25, 0.3) is 5.56 Å². The van der Waals surface area contributed by atoms with Gasteiger partial charge >= 0.3 is 5.69 Å². The van der Waals surface area contributed by atoms with Crippen LogP contribution in [0.4, 0.5) is 10.2 Å². The molecule has 0 aliphatic carbocycles. The first-order valence-electron chi connectivity index (χ1n) is 10.3. The zero-order valence-corrected chi connectivity index (χ0v) is 17.5. The lowest BCUT2D eigenvalue weighted by Crippen LogP contribution is -2.54. The number of H-pyrrole nitrogens is 1. The third-order valence-electron chi connectivity index (χ3n) is 5.91. The molecule has 162 valence electrons. The summed E-state index contributed by atoms with van der Waals surface area (Å²) in [5.74, 6) is -0.627. The normalized spacial score (nSPS) is 18.1. The fraction of sp³-hybridized carbons (Fsp3) is 0.429. The largest absolute Gasteiger partial charge is 0.476 e. The Bertz CT molecular complexity index is 1320. The number of aryl methyl sites for hydroxylation is 1. The van der Waals surface area contributed by atoms with Crippen molar-refractivity contribution in [2.24, 2.45) is 0 Å². The maximum atomic E-state index is 15.4. The van der Waals surface area contributed by atoms with Gasteiger partial charge in [-0.3, -0.25) is 19.3 Å². The summed E-state index contributed by atoms with van der Waals surface area (Å²) in [6.07, 6.45) is 1.65. The molecule has 1 saturated heterocycles. The molecule has 0 saturated carbocycles. The van der Waals surface area contributed by atoms with Crippen molar-refractivity contribution in [3.05, 3.63) is 50.2 Å². The zero-order chi connectivity index (χ0) is 21.9. The van der Waals surface area contributed by atoms with Crippen LogP contribution >= 0.6 is 0 Å². The second-order valence-corrected chi connectivity index (χ2v) is 8.25. The van der Waals surface area contributed by atoms with E-state index in [1.54, 1.807) is 12.3 Å². The fourth-order valence-corrected chi connectivity index (χ4v) is 4.43. The molecule has 5 heterocycles. The van der Waals surface area contributed by atoms with Crippen molar-refractivity contribution in [3.8, 4) is 11.6 Å². The fourth-order valence-electron chi connectivity index (χ4n) is 4.43. The number of aromatic amines is 1. The molecule has 0 bridgehead atoms. The van der Waals surface area contributed by atoms with Gasteiger partial charge in [-0.25, -0.2) is 4.79 Å². The van der Waals surface area contributed by atoms with Crippen molar-refractivity contribution >= 4 is 16.7 Å². The molecule has 1 atom stereocenters. The number of fused-ring (bicyclic) bond motifs is 2. The van der Waals surface area contributed by atoms with E-state index in [4.69, 9.17) is 4.74 Å². The van der Waals surface area contributed by atoms with Crippen LogP contribution in [0.5, 0.6) is 5.88 Å². The van der Waals surface area contributed by atoms with Crippen molar-refractivity contribution in [2.45, 2.75) is 32.7 Å². The molecule has 9 nitrogen and oxygen atoms in total. The maximum absolute atomic E-state index is 15.4. The van der Waals surface area contributed by atoms with Crippen LogP contribution in [0.1, 0.15) is 31.0 Å². The average molecular weight is 426 g/mol. The Morgan fingerprint density at radius 1 is 1.32 bits per heavy atom. The molecule has 0 spiro atoms. The number of pyridine rings is 2. The van der Waals surface area contributed by atoms with E-state index in [0.717, 1.165) is 5.56 Å². The lowest BCUT2D eigenvalue weighted by Gasteiger charge is -2.35. The molecule has 10 heteroatoms. The standard InChI is InChI=1S/C21H23FN6O3/c1-10(2)15-16(11(3)4-5-24-15)28-17-13-18(25-21(28)30)27-7-6-23-8-12(27)9-31-20(13)26-19(29)14(17)22/h4-5,10,12,23H,6-9H2,1-3H3,(H,26,29)/t12-/m1/s1. The van der Waals surface area contributed by atoms with Crippen molar-refractivity contribution in [1.82, 2.24) is 24.8 Å². The van der Waals surface area contributed by atoms with Crippen molar-refractivity contribution in [1.29, 1.82) is 0 Å². The first-order chi connectivity index (χ1) is 14.9. The molecule has 3 aromatic rings. The summed E-state index contributed by atoms with van der Waals surface area (Å²) in [6.45, 7) is 7.90. The number of hydrogen-bond donors (Lipinski definition) is 2. The Labute approximate surface area is 176 Å². The summed E-state index contributed by atoms with van der Waals surface area (Å²) in [5, 5.41) is 3.58. The lowest BCUT2D eigenvalue weighted by atomic mass is 10.0. The number of anilines is 1. The van der Waals surface area contributed by atoms with E-state index in [-0.39, 0.29) is 30.0 Å². The molecule has 2 aliphatic rings. The van der Waals surface area contributed by atoms with E-state index in [0.29, 0.717) is 42.2 Å². The van der Waals surface area contributed by atoms with Gasteiger partial charge in [0.2, 0.25) is 11.7 Å². The Hall–Kier alpha value is -3.27. The molecule has 2 N–H and O–H groups in total. The van der Waals surface area contributed by atoms with Gasteiger partial charge in [0, 0.05) is 25.8 Å². The number of piperazine rings is 1. The lowest BCUT2D eigenvalue weighted by molar-refractivity contribution is 0.265. The van der Waals surface area contributed by atoms with Gasteiger partial charge in [-0.2, -0.15) is 9.37 Å². The van der Waals surface area contributed by atoms with Gasteiger partial charge in [0.1, 0.15) is 23.3 Å². The molecule has 0 aromatic carbocycles. The van der Waals surface area contributed by atoms with Crippen LogP contribution in [0.2, 0.25) is 0 Å². The second kappa shape index (κ2) is 7.16. The quantitative estimate of drug-likeness (QED) is 0.635. The highest BCUT2D eigenvalue weighted by Gasteiger charge is 2.34. The average Bonchev–Trinajstić information content (AvgIpc) is 2.89. The Morgan fingerprint density at radius 2 is 2.13 bits per heavy atom. The van der Waals surface area contributed by atoms with Crippen LogP contribution in [0, 0.1) is 12.7 Å². The zero-order valence-electron chi connectivity index (χ0n) is 17.5. The molecule has 31 heavy (non-hydrogen) atoms. The number of halogens is 1. The number of ether oxygens (including phenoxy) is 1. The van der Waals surface area contributed by atoms with Gasteiger partial charge in [-0.05, 0) is 24.5 Å². The van der Waals surface area contributed by atoms with E-state index in [2.05, 4.69) is 20.3 Å². The highest BCUT2D eigenvalue weighted by Crippen LogP contribution is 2.36. The molecule has 0 amide bonds. The SMILES string of the molecule is Cc1ccnc(C(C)C)c1-n1c(=O)nc2c3c([nH]c(=O)c(F)c31)OC[C@H]1CNCCN21. The van der Waals surface area contributed by atoms with Crippen molar-refractivity contribution < 1.29 is 9.13 Å². The first-order valence-corrected chi connectivity index (χ1v) is 10.3. The maximum Gasteiger partial charge on any atom is 0.354 e. The Kier molecular flexibility index (Phi) is 4.54. The monoisotopic (exact) mass is 426 g/mol. The highest BCUT2D eigenvalue weighted by molar-refractivity contribution is 5.95. The Balaban J connectivity index is 1.95. The van der Waals surface area contributed by atoms with E-state index < -0.39 is 17.1 Å². The third kappa shape index (κ3) is 2.93. The Morgan fingerprint density at radius 3 is 2.90 bits per heavy atom. The number of rotatable bonds is 2. The highest BCUT2D eigenvalue weighted by atomic mass is 19.1. The van der Waals surface area contributed by atoms with Crippen LogP contribution in [-0.4, -0.2) is 51.8 Å². The molecule has 5 rings (SSSR count). The van der Waals surface area contributed by atoms with Crippen LogP contribution in [0.3, 0.4) is 0 Å². The minimum Gasteiger partial charge on any atom is -0.476 e. The second-order valence-electron chi connectivity index (χ2n) is 8.25. The van der Waals surface area contributed by atoms with Crippen LogP contribution in [0.25, 0.3) is 16.6 Å². The van der Waals surface area contributed by atoms with Crippen LogP contribution in [0.15, 0.2) is 21.9 Å². The van der Waals surface area contributed by atoms with Crippen molar-refractivity contribution in [3.63, 3.8) is 0 Å². The summed E-state index contributed by atoms with van der Waals surface area (Å²) in [4.78, 5) is 39.1. The molecule has 1 fully saturated rings. The van der Waals surface area contributed by atoms with Crippen LogP contribution in [-0.2, 0) is 0 Å². The third-order valence-corrected chi connectivity index (χ3v) is 5.91.